The van der Waals surface area contributed by atoms with Gasteiger partial charge in [0.1, 0.15) is 6.67 Å². The van der Waals surface area contributed by atoms with Crippen LogP contribution in [0.2, 0.25) is 0 Å². The Morgan fingerprint density at radius 3 is 2.14 bits per heavy atom. The first-order valence-corrected chi connectivity index (χ1v) is 6.87. The number of likely N-dealkylation sites (N-methyl/N-ethyl adjacent to an activating group) is 1. The Morgan fingerprint density at radius 1 is 1.24 bits per heavy atom. The summed E-state index contributed by atoms with van der Waals surface area (Å²) in [6.07, 6.45) is -0.0351. The van der Waals surface area contributed by atoms with E-state index >= 15 is 0 Å². The van der Waals surface area contributed by atoms with Crippen LogP contribution in [0.1, 0.15) is 34.1 Å². The van der Waals surface area contributed by atoms with Gasteiger partial charge in [-0.15, -0.1) is 0 Å². The van der Waals surface area contributed by atoms with E-state index in [0.29, 0.717) is 0 Å². The van der Waals surface area contributed by atoms with Gasteiger partial charge in [-0.1, -0.05) is 0 Å². The van der Waals surface area contributed by atoms with Gasteiger partial charge in [0.25, 0.3) is 0 Å². The zero-order valence-electron chi connectivity index (χ0n) is 13.6. The fourth-order valence-corrected chi connectivity index (χ4v) is 1.52. The van der Waals surface area contributed by atoms with Gasteiger partial charge in [-0.25, -0.2) is 4.39 Å². The first-order chi connectivity index (χ1) is 9.54. The van der Waals surface area contributed by atoms with Crippen LogP contribution < -0.4 is 10.6 Å². The molecule has 0 aromatic rings. The number of nitrogens with one attached hydrogen (secondary N) is 2. The van der Waals surface area contributed by atoms with Gasteiger partial charge in [-0.2, -0.15) is 0 Å². The summed E-state index contributed by atoms with van der Waals surface area (Å²) in [7, 11) is 3.22. The first-order valence-electron chi connectivity index (χ1n) is 6.87. The smallest absolute Gasteiger partial charge is 0.238 e. The predicted octanol–water partition coefficient (Wildman–Crippen LogP) is 0.265. The number of amides is 2. The minimum atomic E-state index is -1.13. The summed E-state index contributed by atoms with van der Waals surface area (Å²) in [5.41, 5.74) is -0.344. The van der Waals surface area contributed by atoms with E-state index in [0.717, 1.165) is 0 Å². The van der Waals surface area contributed by atoms with E-state index in [2.05, 4.69) is 10.6 Å². The molecule has 0 rings (SSSR count). The van der Waals surface area contributed by atoms with Crippen LogP contribution in [0.3, 0.4) is 0 Å². The number of hydrogen-bond acceptors (Lipinski definition) is 4. The predicted molar refractivity (Wildman–Crippen MR) is 78.6 cm³/mol. The Balaban J connectivity index is 4.68. The van der Waals surface area contributed by atoms with Gasteiger partial charge in [0.05, 0.1) is 18.5 Å². The zero-order chi connectivity index (χ0) is 16.8. The van der Waals surface area contributed by atoms with Crippen LogP contribution in [0.25, 0.3) is 0 Å². The van der Waals surface area contributed by atoms with Crippen LogP contribution in [-0.4, -0.2) is 60.9 Å². The highest BCUT2D eigenvalue weighted by atomic mass is 19.1. The summed E-state index contributed by atoms with van der Waals surface area (Å²) < 4.78 is 12.2. The lowest BCUT2D eigenvalue weighted by Gasteiger charge is -2.33. The Kier molecular flexibility index (Phi) is 7.49. The quantitative estimate of drug-likeness (QED) is 0.707. The van der Waals surface area contributed by atoms with E-state index < -0.39 is 30.4 Å². The Morgan fingerprint density at radius 2 is 1.76 bits per heavy atom. The minimum Gasteiger partial charge on any atom is -0.345 e. The van der Waals surface area contributed by atoms with Gasteiger partial charge >= 0.3 is 0 Å². The number of carbonyl (C=O) groups excluding carboxylic acids is 3. The van der Waals surface area contributed by atoms with Gasteiger partial charge in [0, 0.05) is 12.6 Å². The molecule has 0 aliphatic heterocycles. The lowest BCUT2D eigenvalue weighted by atomic mass is 10.0. The number of nitrogens with zero attached hydrogens (tertiary/aromatic N) is 1. The van der Waals surface area contributed by atoms with Crippen molar-refractivity contribution < 1.29 is 18.8 Å². The highest BCUT2D eigenvalue weighted by molar-refractivity contribution is 5.93. The Hall–Kier alpha value is -1.50. The number of Topliss-reactive ketones (excluding diaryl/α,β-unsaturated/α-hetero) is 1. The fraction of sp³-hybridized carbons (Fsp3) is 0.786. The van der Waals surface area contributed by atoms with Gasteiger partial charge in [-0.3, -0.25) is 14.4 Å². The van der Waals surface area contributed by atoms with Crippen molar-refractivity contribution in [2.24, 2.45) is 0 Å². The molecule has 2 amide bonds. The molecule has 0 radical (unpaired) electrons. The van der Waals surface area contributed by atoms with Gasteiger partial charge < -0.3 is 15.5 Å². The van der Waals surface area contributed by atoms with Crippen LogP contribution in [0.4, 0.5) is 4.39 Å². The number of ketones is 1. The average molecular weight is 303 g/mol. The highest BCUT2D eigenvalue weighted by Gasteiger charge is 2.28. The maximum absolute atomic E-state index is 12.2. The number of hydrogen-bond donors (Lipinski definition) is 2. The molecular weight excluding hydrogens is 277 g/mol. The fourth-order valence-electron chi connectivity index (χ4n) is 1.52. The molecule has 0 fully saturated rings. The van der Waals surface area contributed by atoms with E-state index in [1.54, 1.807) is 19.0 Å². The van der Waals surface area contributed by atoms with E-state index in [1.165, 1.54) is 6.92 Å². The SMILES string of the molecule is CN[C@@H](CC(=O)N(C)C(C)(C)C)C(=O)NC(C)C(=O)CF. The Bertz CT molecular complexity index is 393. The van der Waals surface area contributed by atoms with E-state index in [-0.39, 0.29) is 17.9 Å². The third kappa shape index (κ3) is 6.20. The van der Waals surface area contributed by atoms with Crippen molar-refractivity contribution in [3.05, 3.63) is 0 Å². The topological polar surface area (TPSA) is 78.5 Å². The molecule has 6 nitrogen and oxygen atoms in total. The van der Waals surface area contributed by atoms with Crippen molar-refractivity contribution in [1.29, 1.82) is 0 Å². The van der Waals surface area contributed by atoms with Crippen molar-refractivity contribution in [3.8, 4) is 0 Å². The molecule has 0 aliphatic rings. The molecule has 21 heavy (non-hydrogen) atoms. The lowest BCUT2D eigenvalue weighted by Crippen LogP contribution is -2.51. The van der Waals surface area contributed by atoms with E-state index in [9.17, 15) is 18.8 Å². The third-order valence-corrected chi connectivity index (χ3v) is 3.40. The average Bonchev–Trinajstić information content (AvgIpc) is 2.41. The molecule has 0 aliphatic carbocycles. The summed E-state index contributed by atoms with van der Waals surface area (Å²) in [6, 6.07) is -1.68. The summed E-state index contributed by atoms with van der Waals surface area (Å²) in [4.78, 5) is 36.8. The number of halogens is 1. The second kappa shape index (κ2) is 8.07. The maximum atomic E-state index is 12.2. The van der Waals surface area contributed by atoms with Crippen molar-refractivity contribution in [3.63, 3.8) is 0 Å². The molecule has 0 heterocycles. The van der Waals surface area contributed by atoms with Gasteiger partial charge in [0.15, 0.2) is 5.78 Å². The molecule has 0 aromatic heterocycles. The molecule has 0 saturated carbocycles. The van der Waals surface area contributed by atoms with E-state index in [4.69, 9.17) is 0 Å². The molecule has 2 atom stereocenters. The van der Waals surface area contributed by atoms with Crippen LogP contribution in [0.15, 0.2) is 0 Å². The number of carbonyl (C=O) groups is 3. The second-order valence-electron chi connectivity index (χ2n) is 6.00. The second-order valence-corrected chi connectivity index (χ2v) is 6.00. The third-order valence-electron chi connectivity index (χ3n) is 3.40. The highest BCUT2D eigenvalue weighted by Crippen LogP contribution is 2.12. The molecular formula is C14H26FN3O3. The van der Waals surface area contributed by atoms with Crippen LogP contribution in [0, 0.1) is 0 Å². The molecule has 1 unspecified atom stereocenters. The van der Waals surface area contributed by atoms with Gasteiger partial charge in [0.2, 0.25) is 11.8 Å². The summed E-state index contributed by atoms with van der Waals surface area (Å²) in [6.45, 7) is 5.96. The standard InChI is InChI=1S/C14H26FN3O3/c1-9(11(19)8-15)17-13(21)10(16-5)7-12(20)18(6)14(2,3)4/h9-10,16H,7-8H2,1-6H3,(H,17,21)/t9?,10-/m0/s1. The zero-order valence-corrected chi connectivity index (χ0v) is 13.6. The summed E-state index contributed by atoms with van der Waals surface area (Å²) in [5.74, 6) is -1.39. The molecule has 0 aromatic carbocycles. The van der Waals surface area contributed by atoms with Crippen LogP contribution in [0.5, 0.6) is 0 Å². The number of alkyl halides is 1. The van der Waals surface area contributed by atoms with Crippen LogP contribution >= 0.6 is 0 Å². The van der Waals surface area contributed by atoms with Crippen LogP contribution in [-0.2, 0) is 14.4 Å². The molecule has 7 heteroatoms. The van der Waals surface area contributed by atoms with Crippen molar-refractivity contribution in [2.45, 2.75) is 51.7 Å². The Labute approximate surface area is 125 Å². The minimum absolute atomic E-state index is 0.0351. The molecule has 0 spiro atoms. The van der Waals surface area contributed by atoms with Gasteiger partial charge in [-0.05, 0) is 34.7 Å². The normalized spacial score (nSPS) is 14.2. The molecule has 0 saturated heterocycles. The maximum Gasteiger partial charge on any atom is 0.238 e. The van der Waals surface area contributed by atoms with Crippen molar-refractivity contribution in [1.82, 2.24) is 15.5 Å². The first kappa shape index (κ1) is 19.5. The summed E-state index contributed by atoms with van der Waals surface area (Å²) in [5, 5.41) is 5.14. The molecule has 0 bridgehead atoms. The largest absolute Gasteiger partial charge is 0.345 e. The monoisotopic (exact) mass is 303 g/mol. The summed E-state index contributed by atoms with van der Waals surface area (Å²) >= 11 is 0. The van der Waals surface area contributed by atoms with Crippen molar-refractivity contribution in [2.75, 3.05) is 20.8 Å². The number of rotatable bonds is 7. The molecule has 122 valence electrons. The van der Waals surface area contributed by atoms with E-state index in [1.807, 2.05) is 20.8 Å². The van der Waals surface area contributed by atoms with Crippen molar-refractivity contribution >= 4 is 17.6 Å². The molecule has 2 N–H and O–H groups in total. The lowest BCUT2D eigenvalue weighted by molar-refractivity contribution is -0.137.